The molecule has 0 spiro atoms. The Morgan fingerprint density at radius 1 is 0.486 bits per heavy atom. The predicted octanol–water partition coefficient (Wildman–Crippen LogP) is 16.6. The van der Waals surface area contributed by atoms with Crippen molar-refractivity contribution in [3.8, 4) is 84.3 Å². The Balaban J connectivity index is 1.02. The van der Waals surface area contributed by atoms with Crippen LogP contribution in [0.1, 0.15) is 41.2 Å². The third kappa shape index (κ3) is 7.70. The predicted molar refractivity (Wildman–Crippen MR) is 294 cm³/mol. The zero-order chi connectivity index (χ0) is 70.5. The van der Waals surface area contributed by atoms with Crippen LogP contribution in [0.5, 0.6) is 11.5 Å². The highest BCUT2D eigenvalue weighted by Crippen LogP contribution is 2.40. The van der Waals surface area contributed by atoms with E-state index in [1.54, 1.807) is 75.9 Å². The fraction of sp³-hybridized carbons (Fsp3) is 0.0149. The number of imidazole rings is 1. The quantitative estimate of drug-likeness (QED) is 0.101. The lowest BCUT2D eigenvalue weighted by Crippen LogP contribution is -2.31. The van der Waals surface area contributed by atoms with Crippen LogP contribution >= 0.6 is 0 Å². The first kappa shape index (κ1) is 23.4. The molecule has 0 unspecified atom stereocenters. The van der Waals surface area contributed by atoms with Crippen molar-refractivity contribution >= 4 is 32.8 Å². The van der Waals surface area contributed by atoms with Gasteiger partial charge in [-0.25, -0.2) is 4.98 Å². The summed E-state index contributed by atoms with van der Waals surface area (Å²) in [6.45, 7) is -2.87. The molecule has 10 aromatic carbocycles. The number of ether oxygens (including phenoxy) is 1. The van der Waals surface area contributed by atoms with Gasteiger partial charge in [-0.15, -0.1) is 0 Å². The Kier molecular flexibility index (Phi) is 5.86. The minimum atomic E-state index is -2.87. The molecule has 0 aliphatic heterocycles. The van der Waals surface area contributed by atoms with E-state index >= 15 is 0 Å². The molecule has 3 heterocycles. The highest BCUT2D eigenvalue weighted by Gasteiger charge is 2.22. The van der Waals surface area contributed by atoms with Crippen LogP contribution in [0.2, 0.25) is 0 Å². The summed E-state index contributed by atoms with van der Waals surface area (Å²) in [6.07, 6.45) is 4.53. The maximum absolute atomic E-state index is 10.1. The minimum Gasteiger partial charge on any atom is -0.458 e. The highest BCUT2D eigenvalue weighted by atomic mass is 16.5. The molecule has 340 valence electrons. The number of pyridine rings is 1. The van der Waals surface area contributed by atoms with Crippen molar-refractivity contribution < 1.29 is 44.9 Å². The first-order chi connectivity index (χ1) is 46.4. The zero-order valence-corrected chi connectivity index (χ0v) is 37.2. The summed E-state index contributed by atoms with van der Waals surface area (Å²) >= 11 is 0. The molecule has 13 aromatic rings. The second kappa shape index (κ2) is 18.1. The van der Waals surface area contributed by atoms with Crippen molar-refractivity contribution in [2.45, 2.75) is 6.85 Å². The first-order valence-electron chi connectivity index (χ1n) is 35.2. The molecule has 0 amide bonds. The smallest absolute Gasteiger partial charge is 0.269 e. The maximum Gasteiger partial charge on any atom is 0.269 e. The number of benzene rings is 10. The molecule has 0 aliphatic rings. The van der Waals surface area contributed by atoms with Crippen LogP contribution in [-0.2, 0) is 0 Å². The molecule has 0 bridgehead atoms. The van der Waals surface area contributed by atoms with Crippen molar-refractivity contribution in [2.75, 3.05) is 0 Å². The lowest BCUT2D eigenvalue weighted by molar-refractivity contribution is -0.571. The highest BCUT2D eigenvalue weighted by molar-refractivity contribution is 6.09. The van der Waals surface area contributed by atoms with Gasteiger partial charge in [0.1, 0.15) is 17.3 Å². The van der Waals surface area contributed by atoms with Gasteiger partial charge < -0.3 is 4.74 Å². The Morgan fingerprint density at radius 3 is 1.75 bits per heavy atom. The molecular formula is C67H46N4O. The van der Waals surface area contributed by atoms with Gasteiger partial charge in [0.15, 0.2) is 0 Å². The Morgan fingerprint density at radius 2 is 1.06 bits per heavy atom. The van der Waals surface area contributed by atoms with Gasteiger partial charge in [0.2, 0.25) is 0 Å². The average molecular weight is 949 g/mol. The lowest BCUT2D eigenvalue weighted by atomic mass is 9.90. The summed E-state index contributed by atoms with van der Waals surface area (Å²) in [5, 5.41) is 1.45. The molecule has 0 saturated carbocycles. The normalized spacial score (nSPS) is 16.7. The van der Waals surface area contributed by atoms with E-state index in [1.165, 1.54) is 35.0 Å². The summed E-state index contributed by atoms with van der Waals surface area (Å²) < 4.78 is 242. The monoisotopic (exact) mass is 949 g/mol. The first-order valence-corrected chi connectivity index (χ1v) is 22.2. The largest absolute Gasteiger partial charge is 0.458 e. The second-order valence-electron chi connectivity index (χ2n) is 16.2. The van der Waals surface area contributed by atoms with E-state index in [0.717, 1.165) is 5.39 Å². The van der Waals surface area contributed by atoms with Crippen LogP contribution in [0.25, 0.3) is 106 Å². The zero-order valence-electron chi connectivity index (χ0n) is 63.2. The number of para-hydroxylation sites is 4. The Bertz CT molecular complexity index is 5450. The minimum absolute atomic E-state index is 0.118. The molecule has 72 heavy (non-hydrogen) atoms. The SMILES string of the molecule is [2H]c1c([2H])c([2H])c(-c2cnc(-n3c4ccccc4c4ccc(Oc5cccc(-n6[c-][n+](-c7c(-c8c([2H])c([2H])c([2H])c([2H])c8[2H])cccc7-c7c([2H])c(-c8c([2H])c([2H])c([2H])c([2H])c8[2H])c([2H])c(-c8c([2H])c([2H])c([2H])c([2H])c8[2H])c7[2H])c7ccccc76)c5)cc43)cc2C([2H])([2H])[2H])c([2H])c1[2H]. The van der Waals surface area contributed by atoms with Crippen molar-refractivity contribution in [1.82, 2.24) is 14.1 Å². The van der Waals surface area contributed by atoms with Crippen LogP contribution < -0.4 is 9.30 Å². The number of aromatic nitrogens is 4. The molecule has 0 atom stereocenters. The third-order valence-electron chi connectivity index (χ3n) is 12.0. The number of hydrogen-bond acceptors (Lipinski definition) is 2. The maximum atomic E-state index is 10.1. The van der Waals surface area contributed by atoms with Crippen molar-refractivity contribution in [3.63, 3.8) is 0 Å². The molecule has 0 N–H and O–H groups in total. The van der Waals surface area contributed by atoms with Crippen LogP contribution in [0.3, 0.4) is 0 Å². The molecule has 0 radical (unpaired) electrons. The average Bonchev–Trinajstić information content (AvgIpc) is 0.970. The number of aryl methyl sites for hydroxylation is 1. The second-order valence-corrected chi connectivity index (χ2v) is 16.2. The van der Waals surface area contributed by atoms with Gasteiger partial charge in [0.25, 0.3) is 6.33 Å². The lowest BCUT2D eigenvalue weighted by Gasteiger charge is -2.19. The number of fused-ring (bicyclic) bond motifs is 4. The third-order valence-corrected chi connectivity index (χ3v) is 12.0. The van der Waals surface area contributed by atoms with Crippen LogP contribution in [0.15, 0.2) is 260 Å². The van der Waals surface area contributed by atoms with Gasteiger partial charge >= 0.3 is 0 Å². The molecule has 0 fully saturated rings. The fourth-order valence-electron chi connectivity index (χ4n) is 8.83. The molecule has 13 rings (SSSR count). The van der Waals surface area contributed by atoms with Gasteiger partial charge in [-0.3, -0.25) is 13.7 Å². The van der Waals surface area contributed by atoms with Gasteiger partial charge in [-0.05, 0) is 123 Å². The van der Waals surface area contributed by atoms with Crippen LogP contribution in [-0.4, -0.2) is 14.1 Å². The number of nitrogens with zero attached hydrogens (tertiary/aromatic N) is 4. The van der Waals surface area contributed by atoms with Crippen molar-refractivity contribution in [1.29, 1.82) is 0 Å². The van der Waals surface area contributed by atoms with Crippen LogP contribution in [0, 0.1) is 13.2 Å². The number of hydrogen-bond donors (Lipinski definition) is 0. The summed E-state index contributed by atoms with van der Waals surface area (Å²) in [6, 6.07) is 13.6. The van der Waals surface area contributed by atoms with E-state index in [-0.39, 0.29) is 56.4 Å². The fourth-order valence-corrected chi connectivity index (χ4v) is 8.83. The molecule has 5 nitrogen and oxygen atoms in total. The summed E-state index contributed by atoms with van der Waals surface area (Å²) in [5.74, 6) is 0.649. The van der Waals surface area contributed by atoms with E-state index in [9.17, 15) is 6.85 Å². The Hall–Kier alpha value is -9.58. The Labute approximate surface area is 454 Å². The van der Waals surface area contributed by atoms with Gasteiger partial charge in [-0.1, -0.05) is 188 Å². The van der Waals surface area contributed by atoms with E-state index in [4.69, 9.17) is 33.5 Å². The summed E-state index contributed by atoms with van der Waals surface area (Å²) in [5.41, 5.74) is -2.80. The standard InChI is InChI=1S/C67H46N4O/c1-46-38-66(68-44-61(46)50-26-12-5-13-27-50)71-62-33-15-14-30-59(62)60-37-36-56(43-65(60)71)72-55-29-18-28-54(42-55)69-45-70(64-35-17-16-34-63(64)69)67-57(49-24-10-4-11-25-49)31-19-32-58(67)53-40-51(47-20-6-2-7-21-47)39-52(41-53)48-22-8-3-9-23-48/h2-44H,1H3/i1D3,2D,3D,4D,5D,6D,7D,8D,9D,10D,11D,12D,13D,20D,21D,22D,23D,24D,25D,26D,27D,39D,40D,41D. The van der Waals surface area contributed by atoms with Crippen LogP contribution in [0.4, 0.5) is 0 Å². The molecule has 0 aliphatic carbocycles. The van der Waals surface area contributed by atoms with E-state index < -0.39 is 174 Å². The molecular weight excluding hydrogens is 877 g/mol. The summed E-state index contributed by atoms with van der Waals surface area (Å²) in [7, 11) is 0. The van der Waals surface area contributed by atoms with E-state index in [2.05, 4.69) is 11.3 Å². The molecule has 0 saturated heterocycles. The van der Waals surface area contributed by atoms with E-state index in [1.807, 2.05) is 24.3 Å². The van der Waals surface area contributed by atoms with Gasteiger partial charge in [0, 0.05) is 32.7 Å². The molecule has 3 aromatic heterocycles. The summed E-state index contributed by atoms with van der Waals surface area (Å²) in [4.78, 5) is 4.68. The topological polar surface area (TPSA) is 35.9 Å². The van der Waals surface area contributed by atoms with Gasteiger partial charge in [-0.2, -0.15) is 0 Å². The number of rotatable bonds is 10. The molecule has 5 heteroatoms. The van der Waals surface area contributed by atoms with E-state index in [0.29, 0.717) is 33.1 Å². The van der Waals surface area contributed by atoms with Crippen molar-refractivity contribution in [2.24, 2.45) is 0 Å². The van der Waals surface area contributed by atoms with Crippen molar-refractivity contribution in [3.05, 3.63) is 272 Å². The van der Waals surface area contributed by atoms with Gasteiger partial charge in [0.05, 0.1) is 65.0 Å².